The standard InChI is InChI=1S/C10H15N3O3/c1-6-5-13(4)12-7(6)8(14)11-10(2,3)9(15)16/h5H,1-4H3,(H,11,14)(H,15,16). The van der Waals surface area contributed by atoms with Crippen LogP contribution in [0.3, 0.4) is 0 Å². The fourth-order valence-electron chi connectivity index (χ4n) is 1.23. The molecule has 2 N–H and O–H groups in total. The van der Waals surface area contributed by atoms with Crippen molar-refractivity contribution in [2.45, 2.75) is 26.3 Å². The number of aromatic nitrogens is 2. The second-order valence-corrected chi connectivity index (χ2v) is 4.22. The maximum absolute atomic E-state index is 11.7. The lowest BCUT2D eigenvalue weighted by Gasteiger charge is -2.20. The normalized spacial score (nSPS) is 11.2. The van der Waals surface area contributed by atoms with Gasteiger partial charge in [-0.3, -0.25) is 9.48 Å². The van der Waals surface area contributed by atoms with Crippen LogP contribution >= 0.6 is 0 Å². The highest BCUT2D eigenvalue weighted by atomic mass is 16.4. The highest BCUT2D eigenvalue weighted by Crippen LogP contribution is 2.08. The summed E-state index contributed by atoms with van der Waals surface area (Å²) in [6.07, 6.45) is 1.70. The number of amides is 1. The molecule has 0 aromatic carbocycles. The molecule has 0 saturated carbocycles. The number of carbonyl (C=O) groups is 2. The van der Waals surface area contributed by atoms with Gasteiger partial charge in [0.1, 0.15) is 5.54 Å². The first-order valence-electron chi connectivity index (χ1n) is 4.80. The van der Waals surface area contributed by atoms with E-state index in [-0.39, 0.29) is 5.69 Å². The number of hydrogen-bond donors (Lipinski definition) is 2. The first-order chi connectivity index (χ1) is 7.24. The van der Waals surface area contributed by atoms with Gasteiger partial charge in [0.05, 0.1) is 0 Å². The van der Waals surface area contributed by atoms with E-state index in [1.54, 1.807) is 20.2 Å². The Morgan fingerprint density at radius 2 is 2.06 bits per heavy atom. The van der Waals surface area contributed by atoms with E-state index in [2.05, 4.69) is 10.4 Å². The van der Waals surface area contributed by atoms with Gasteiger partial charge < -0.3 is 10.4 Å². The maximum Gasteiger partial charge on any atom is 0.328 e. The highest BCUT2D eigenvalue weighted by Gasteiger charge is 2.30. The number of carboxylic acid groups (broad SMARTS) is 1. The lowest BCUT2D eigenvalue weighted by Crippen LogP contribution is -2.49. The van der Waals surface area contributed by atoms with E-state index < -0.39 is 17.4 Å². The molecule has 0 fully saturated rings. The number of rotatable bonds is 3. The number of aryl methyl sites for hydroxylation is 2. The van der Waals surface area contributed by atoms with Crippen LogP contribution < -0.4 is 5.32 Å². The molecular formula is C10H15N3O3. The average Bonchev–Trinajstić information content (AvgIpc) is 2.44. The predicted molar refractivity (Wildman–Crippen MR) is 57.1 cm³/mol. The Hall–Kier alpha value is -1.85. The number of carboxylic acids is 1. The molecule has 1 amide bonds. The van der Waals surface area contributed by atoms with Crippen molar-refractivity contribution in [1.29, 1.82) is 0 Å². The molecule has 0 aliphatic heterocycles. The molecule has 0 bridgehead atoms. The lowest BCUT2D eigenvalue weighted by molar-refractivity contribution is -0.143. The molecule has 1 aromatic rings. The monoisotopic (exact) mass is 225 g/mol. The Kier molecular flexibility index (Phi) is 3.02. The lowest BCUT2D eigenvalue weighted by atomic mass is 10.1. The van der Waals surface area contributed by atoms with Gasteiger partial charge in [0.2, 0.25) is 0 Å². The van der Waals surface area contributed by atoms with Crippen molar-refractivity contribution in [3.63, 3.8) is 0 Å². The van der Waals surface area contributed by atoms with Crippen LogP contribution in [0.4, 0.5) is 0 Å². The minimum absolute atomic E-state index is 0.247. The first-order valence-corrected chi connectivity index (χ1v) is 4.80. The van der Waals surface area contributed by atoms with Crippen LogP contribution in [0.1, 0.15) is 29.9 Å². The number of nitrogens with zero attached hydrogens (tertiary/aromatic N) is 2. The van der Waals surface area contributed by atoms with E-state index in [0.29, 0.717) is 5.56 Å². The summed E-state index contributed by atoms with van der Waals surface area (Å²) in [6, 6.07) is 0. The van der Waals surface area contributed by atoms with Gasteiger partial charge in [-0.25, -0.2) is 4.79 Å². The fraction of sp³-hybridized carbons (Fsp3) is 0.500. The van der Waals surface area contributed by atoms with Crippen LogP contribution in [0.15, 0.2) is 6.20 Å². The second kappa shape index (κ2) is 3.96. The topological polar surface area (TPSA) is 84.2 Å². The van der Waals surface area contributed by atoms with Crippen LogP contribution in [0.2, 0.25) is 0 Å². The number of carbonyl (C=O) groups excluding carboxylic acids is 1. The van der Waals surface area contributed by atoms with Gasteiger partial charge in [0.15, 0.2) is 5.69 Å². The minimum atomic E-state index is -1.30. The molecule has 6 heteroatoms. The molecule has 0 spiro atoms. The first kappa shape index (κ1) is 12.2. The molecule has 1 aromatic heterocycles. The van der Waals surface area contributed by atoms with Gasteiger partial charge in [-0.1, -0.05) is 0 Å². The number of aliphatic carboxylic acids is 1. The van der Waals surface area contributed by atoms with Gasteiger partial charge in [0.25, 0.3) is 5.91 Å². The summed E-state index contributed by atoms with van der Waals surface area (Å²) < 4.78 is 1.51. The van der Waals surface area contributed by atoms with E-state index >= 15 is 0 Å². The summed E-state index contributed by atoms with van der Waals surface area (Å²) in [6.45, 7) is 4.59. The predicted octanol–water partition coefficient (Wildman–Crippen LogP) is 0.322. The van der Waals surface area contributed by atoms with Gasteiger partial charge >= 0.3 is 5.97 Å². The van der Waals surface area contributed by atoms with Crippen molar-refractivity contribution in [3.8, 4) is 0 Å². The molecule has 0 saturated heterocycles. The van der Waals surface area contributed by atoms with Gasteiger partial charge in [-0.05, 0) is 20.8 Å². The van der Waals surface area contributed by atoms with Crippen LogP contribution in [0, 0.1) is 6.92 Å². The number of nitrogens with one attached hydrogen (secondary N) is 1. The van der Waals surface area contributed by atoms with Gasteiger partial charge in [-0.15, -0.1) is 0 Å². The van der Waals surface area contributed by atoms with E-state index in [1.165, 1.54) is 18.5 Å². The third kappa shape index (κ3) is 2.39. The van der Waals surface area contributed by atoms with Crippen molar-refractivity contribution < 1.29 is 14.7 Å². The van der Waals surface area contributed by atoms with Crippen LogP contribution in [0.5, 0.6) is 0 Å². The molecule has 0 aliphatic rings. The third-order valence-corrected chi connectivity index (χ3v) is 2.19. The molecule has 6 nitrogen and oxygen atoms in total. The Bertz CT molecular complexity index is 435. The molecule has 0 atom stereocenters. The molecular weight excluding hydrogens is 210 g/mol. The van der Waals surface area contributed by atoms with Crippen molar-refractivity contribution in [3.05, 3.63) is 17.5 Å². The van der Waals surface area contributed by atoms with Crippen molar-refractivity contribution in [2.24, 2.45) is 7.05 Å². The smallest absolute Gasteiger partial charge is 0.328 e. The Labute approximate surface area is 93.3 Å². The van der Waals surface area contributed by atoms with Crippen molar-refractivity contribution >= 4 is 11.9 Å². The van der Waals surface area contributed by atoms with Crippen LogP contribution in [-0.2, 0) is 11.8 Å². The summed E-state index contributed by atoms with van der Waals surface area (Å²) in [4.78, 5) is 22.6. The SMILES string of the molecule is Cc1cn(C)nc1C(=O)NC(C)(C)C(=O)O. The molecule has 0 aliphatic carbocycles. The molecule has 1 heterocycles. The Morgan fingerprint density at radius 1 is 1.50 bits per heavy atom. The molecule has 1 rings (SSSR count). The average molecular weight is 225 g/mol. The molecule has 0 unspecified atom stereocenters. The van der Waals surface area contributed by atoms with E-state index in [1.807, 2.05) is 0 Å². The van der Waals surface area contributed by atoms with Gasteiger partial charge in [0, 0.05) is 18.8 Å². The summed E-state index contributed by atoms with van der Waals surface area (Å²) in [5.41, 5.74) is -0.348. The van der Waals surface area contributed by atoms with E-state index in [0.717, 1.165) is 0 Å². The summed E-state index contributed by atoms with van der Waals surface area (Å²) >= 11 is 0. The van der Waals surface area contributed by atoms with Gasteiger partial charge in [-0.2, -0.15) is 5.10 Å². The maximum atomic E-state index is 11.7. The summed E-state index contributed by atoms with van der Waals surface area (Å²) in [5, 5.41) is 15.2. The Balaban J connectivity index is 2.89. The highest BCUT2D eigenvalue weighted by molar-refractivity contribution is 5.97. The van der Waals surface area contributed by atoms with E-state index in [9.17, 15) is 9.59 Å². The zero-order chi connectivity index (χ0) is 12.5. The summed E-state index contributed by atoms with van der Waals surface area (Å²) in [7, 11) is 1.70. The minimum Gasteiger partial charge on any atom is -0.480 e. The number of hydrogen-bond acceptors (Lipinski definition) is 3. The zero-order valence-corrected chi connectivity index (χ0v) is 9.74. The zero-order valence-electron chi connectivity index (χ0n) is 9.74. The molecule has 88 valence electrons. The van der Waals surface area contributed by atoms with Crippen molar-refractivity contribution in [1.82, 2.24) is 15.1 Å². The van der Waals surface area contributed by atoms with Crippen LogP contribution in [-0.4, -0.2) is 32.3 Å². The molecule has 16 heavy (non-hydrogen) atoms. The largest absolute Gasteiger partial charge is 0.480 e. The van der Waals surface area contributed by atoms with Crippen LogP contribution in [0.25, 0.3) is 0 Å². The molecule has 0 radical (unpaired) electrons. The fourth-order valence-corrected chi connectivity index (χ4v) is 1.23. The van der Waals surface area contributed by atoms with Crippen molar-refractivity contribution in [2.75, 3.05) is 0 Å². The van der Waals surface area contributed by atoms with E-state index in [4.69, 9.17) is 5.11 Å². The quantitative estimate of drug-likeness (QED) is 0.776. The summed E-state index contributed by atoms with van der Waals surface area (Å²) in [5.74, 6) is -1.57. The third-order valence-electron chi connectivity index (χ3n) is 2.19. The Morgan fingerprint density at radius 3 is 2.44 bits per heavy atom. The second-order valence-electron chi connectivity index (χ2n) is 4.22.